The Morgan fingerprint density at radius 3 is 2.31 bits per heavy atom. The molecule has 2 heterocycles. The van der Waals surface area contributed by atoms with Crippen molar-refractivity contribution in [1.29, 1.82) is 5.26 Å². The first-order valence-corrected chi connectivity index (χ1v) is 13.0. The summed E-state index contributed by atoms with van der Waals surface area (Å²) in [6.45, 7) is 1.68. The lowest BCUT2D eigenvalue weighted by Crippen LogP contribution is -2.43. The van der Waals surface area contributed by atoms with Crippen LogP contribution in [0.15, 0.2) is 102 Å². The number of hydrogen-bond donors (Lipinski definition) is 0. The molecule has 208 valence electrons. The summed E-state index contributed by atoms with van der Waals surface area (Å²) in [7, 11) is 1.57. The molecule has 4 aromatic rings. The Morgan fingerprint density at radius 2 is 1.69 bits per heavy atom. The van der Waals surface area contributed by atoms with Gasteiger partial charge in [-0.3, -0.25) is 24.6 Å². The molecule has 0 bridgehead atoms. The molecule has 2 amide bonds. The molecule has 5 rings (SSSR count). The molecule has 10 nitrogen and oxygen atoms in total. The Hall–Kier alpha value is -5.82. The largest absolute Gasteiger partial charge is 0.497 e. The zero-order valence-corrected chi connectivity index (χ0v) is 22.9. The SMILES string of the molecule is COc1ccc(CCN2C(=O)C(C#N)=C(C)/C(=C\c3cn(-c4ccc([N+](=O)[O-])cc4)nc3-c3ccccc3)C2=O)cc1. The van der Waals surface area contributed by atoms with E-state index in [0.717, 1.165) is 16.0 Å². The van der Waals surface area contributed by atoms with Gasteiger partial charge < -0.3 is 4.74 Å². The van der Waals surface area contributed by atoms with Crippen molar-refractivity contribution in [1.82, 2.24) is 14.7 Å². The fourth-order valence-electron chi connectivity index (χ4n) is 4.69. The molecule has 0 atom stereocenters. The lowest BCUT2D eigenvalue weighted by molar-refractivity contribution is -0.384. The smallest absolute Gasteiger partial charge is 0.271 e. The number of imide groups is 1. The number of benzene rings is 3. The van der Waals surface area contributed by atoms with E-state index in [0.29, 0.717) is 29.1 Å². The lowest BCUT2D eigenvalue weighted by atomic mass is 9.93. The van der Waals surface area contributed by atoms with Crippen molar-refractivity contribution >= 4 is 23.6 Å². The number of ether oxygens (including phenoxy) is 1. The van der Waals surface area contributed by atoms with Crippen molar-refractivity contribution in [3.05, 3.63) is 123 Å². The minimum absolute atomic E-state index is 0.0477. The van der Waals surface area contributed by atoms with E-state index in [4.69, 9.17) is 9.84 Å². The van der Waals surface area contributed by atoms with E-state index in [1.54, 1.807) is 55.3 Å². The van der Waals surface area contributed by atoms with E-state index in [-0.39, 0.29) is 29.0 Å². The average molecular weight is 560 g/mol. The number of hydrogen-bond acceptors (Lipinski definition) is 7. The van der Waals surface area contributed by atoms with Crippen LogP contribution in [0.3, 0.4) is 0 Å². The number of nitro benzene ring substituents is 1. The molecule has 0 unspecified atom stereocenters. The van der Waals surface area contributed by atoms with Gasteiger partial charge in [0.2, 0.25) is 0 Å². The van der Waals surface area contributed by atoms with Gasteiger partial charge in [-0.1, -0.05) is 42.5 Å². The number of nitro groups is 1. The molecular weight excluding hydrogens is 534 g/mol. The van der Waals surface area contributed by atoms with Gasteiger partial charge in [-0.05, 0) is 54.8 Å². The van der Waals surface area contributed by atoms with Crippen molar-refractivity contribution in [3.8, 4) is 28.8 Å². The van der Waals surface area contributed by atoms with Gasteiger partial charge in [0.25, 0.3) is 17.5 Å². The van der Waals surface area contributed by atoms with Crippen LogP contribution >= 0.6 is 0 Å². The summed E-state index contributed by atoms with van der Waals surface area (Å²) in [6.07, 6.45) is 3.75. The lowest BCUT2D eigenvalue weighted by Gasteiger charge is -2.27. The molecule has 3 aromatic carbocycles. The quantitative estimate of drug-likeness (QED) is 0.124. The Labute approximate surface area is 241 Å². The highest BCUT2D eigenvalue weighted by atomic mass is 16.6. The fourth-order valence-corrected chi connectivity index (χ4v) is 4.69. The summed E-state index contributed by atoms with van der Waals surface area (Å²) >= 11 is 0. The van der Waals surface area contributed by atoms with Crippen LogP contribution in [0.4, 0.5) is 5.69 Å². The van der Waals surface area contributed by atoms with Crippen LogP contribution in [0.2, 0.25) is 0 Å². The van der Waals surface area contributed by atoms with E-state index in [1.807, 2.05) is 48.5 Å². The average Bonchev–Trinajstić information content (AvgIpc) is 3.44. The van der Waals surface area contributed by atoms with Crippen LogP contribution in [0.25, 0.3) is 23.0 Å². The molecule has 0 fully saturated rings. The van der Waals surface area contributed by atoms with E-state index in [2.05, 4.69) is 0 Å². The summed E-state index contributed by atoms with van der Waals surface area (Å²) in [5, 5.41) is 25.7. The van der Waals surface area contributed by atoms with Gasteiger partial charge in [0.15, 0.2) is 0 Å². The van der Waals surface area contributed by atoms with Crippen LogP contribution in [-0.4, -0.2) is 45.1 Å². The second-order valence-corrected chi connectivity index (χ2v) is 9.55. The predicted octanol–water partition coefficient (Wildman–Crippen LogP) is 5.29. The van der Waals surface area contributed by atoms with Gasteiger partial charge in [0, 0.05) is 41.6 Å². The van der Waals surface area contributed by atoms with E-state index in [9.17, 15) is 25.0 Å². The van der Waals surface area contributed by atoms with Gasteiger partial charge in [0.1, 0.15) is 17.4 Å². The van der Waals surface area contributed by atoms with Crippen molar-refractivity contribution in [2.75, 3.05) is 13.7 Å². The third kappa shape index (κ3) is 5.44. The second-order valence-electron chi connectivity index (χ2n) is 9.55. The molecule has 1 aliphatic heterocycles. The molecule has 0 aliphatic carbocycles. The molecular formula is C32H25N5O5. The van der Waals surface area contributed by atoms with Crippen LogP contribution < -0.4 is 4.74 Å². The standard InChI is InChI=1S/C32H25N5O5/c1-21-28(31(38)35(32(39)29(21)19-33)17-16-22-8-14-27(42-2)15-9-22)18-24-20-36(25-10-12-26(13-11-25)37(40)41)34-30(24)23-6-4-3-5-7-23/h3-15,18,20H,16-17H2,1-2H3/b28-18+. The van der Waals surface area contributed by atoms with Crippen molar-refractivity contribution in [3.63, 3.8) is 0 Å². The van der Waals surface area contributed by atoms with Gasteiger partial charge in [-0.2, -0.15) is 10.4 Å². The first kappa shape index (κ1) is 27.7. The third-order valence-electron chi connectivity index (χ3n) is 7.02. The number of rotatable bonds is 8. The first-order chi connectivity index (χ1) is 20.3. The van der Waals surface area contributed by atoms with Crippen molar-refractivity contribution < 1.29 is 19.2 Å². The maximum Gasteiger partial charge on any atom is 0.271 e. The van der Waals surface area contributed by atoms with Crippen LogP contribution in [0.5, 0.6) is 5.75 Å². The van der Waals surface area contributed by atoms with E-state index < -0.39 is 16.7 Å². The Kier molecular flexibility index (Phi) is 7.75. The highest BCUT2D eigenvalue weighted by Crippen LogP contribution is 2.31. The normalized spacial score (nSPS) is 14.3. The summed E-state index contributed by atoms with van der Waals surface area (Å²) in [5.41, 5.74) is 3.75. The fraction of sp³-hybridized carbons (Fsp3) is 0.125. The van der Waals surface area contributed by atoms with Crippen LogP contribution in [0.1, 0.15) is 18.1 Å². The molecule has 1 aliphatic rings. The summed E-state index contributed by atoms with van der Waals surface area (Å²) < 4.78 is 6.76. The Morgan fingerprint density at radius 1 is 1.00 bits per heavy atom. The summed E-state index contributed by atoms with van der Waals surface area (Å²) in [6, 6.07) is 24.6. The number of non-ortho nitro benzene ring substituents is 1. The molecule has 0 saturated heterocycles. The number of methoxy groups -OCH3 is 1. The van der Waals surface area contributed by atoms with Crippen LogP contribution in [0, 0.1) is 21.4 Å². The Bertz CT molecular complexity index is 1780. The third-order valence-corrected chi connectivity index (χ3v) is 7.02. The number of carbonyl (C=O) groups is 2. The number of aromatic nitrogens is 2. The van der Waals surface area contributed by atoms with Gasteiger partial charge in [-0.25, -0.2) is 4.68 Å². The maximum absolute atomic E-state index is 13.7. The predicted molar refractivity (Wildman–Crippen MR) is 155 cm³/mol. The molecule has 0 spiro atoms. The monoisotopic (exact) mass is 559 g/mol. The van der Waals surface area contributed by atoms with Gasteiger partial charge in [0.05, 0.1) is 23.4 Å². The maximum atomic E-state index is 13.7. The highest BCUT2D eigenvalue weighted by Gasteiger charge is 2.35. The zero-order chi connectivity index (χ0) is 29.8. The van der Waals surface area contributed by atoms with Gasteiger partial charge >= 0.3 is 0 Å². The summed E-state index contributed by atoms with van der Waals surface area (Å²) in [4.78, 5) is 38.6. The molecule has 1 aromatic heterocycles. The van der Waals surface area contributed by atoms with Crippen molar-refractivity contribution in [2.24, 2.45) is 0 Å². The highest BCUT2D eigenvalue weighted by molar-refractivity contribution is 6.19. The number of nitrogens with zero attached hydrogens (tertiary/aromatic N) is 5. The van der Waals surface area contributed by atoms with Crippen LogP contribution in [-0.2, 0) is 16.0 Å². The molecule has 0 saturated carbocycles. The zero-order valence-electron chi connectivity index (χ0n) is 22.9. The first-order valence-electron chi connectivity index (χ1n) is 13.0. The van der Waals surface area contributed by atoms with E-state index in [1.165, 1.54) is 12.1 Å². The molecule has 42 heavy (non-hydrogen) atoms. The number of amides is 2. The number of carbonyl (C=O) groups excluding carboxylic acids is 2. The molecule has 0 radical (unpaired) electrons. The summed E-state index contributed by atoms with van der Waals surface area (Å²) in [5.74, 6) is -0.439. The Balaban J connectivity index is 1.55. The van der Waals surface area contributed by atoms with Gasteiger partial charge in [-0.15, -0.1) is 0 Å². The van der Waals surface area contributed by atoms with Crippen molar-refractivity contribution in [2.45, 2.75) is 13.3 Å². The molecule has 10 heteroatoms. The second kappa shape index (κ2) is 11.7. The minimum Gasteiger partial charge on any atom is -0.497 e. The minimum atomic E-state index is -0.629. The topological polar surface area (TPSA) is 131 Å². The molecule has 0 N–H and O–H groups in total. The number of nitriles is 1. The van der Waals surface area contributed by atoms with E-state index >= 15 is 0 Å².